The van der Waals surface area contributed by atoms with Crippen LogP contribution in [0.2, 0.25) is 0 Å². The fourth-order valence-corrected chi connectivity index (χ4v) is 3.85. The van der Waals surface area contributed by atoms with Crippen molar-refractivity contribution in [2.24, 2.45) is 10.4 Å². The molecule has 146 valence electrons. The van der Waals surface area contributed by atoms with Crippen molar-refractivity contribution in [2.75, 3.05) is 46.1 Å². The van der Waals surface area contributed by atoms with Gasteiger partial charge in [0.15, 0.2) is 5.96 Å². The number of guanidine groups is 1. The summed E-state index contributed by atoms with van der Waals surface area (Å²) < 4.78 is 11.3. The van der Waals surface area contributed by atoms with E-state index in [0.717, 1.165) is 51.5 Å². The number of aliphatic imine (C=N–C) groups is 1. The molecule has 1 saturated heterocycles. The van der Waals surface area contributed by atoms with Crippen molar-refractivity contribution in [1.29, 1.82) is 0 Å². The lowest BCUT2D eigenvalue weighted by molar-refractivity contribution is 0.0191. The molecular formula is C19H37N3O3. The van der Waals surface area contributed by atoms with E-state index in [1.165, 1.54) is 32.1 Å². The van der Waals surface area contributed by atoms with Crippen LogP contribution < -0.4 is 10.6 Å². The second kappa shape index (κ2) is 11.7. The van der Waals surface area contributed by atoms with Crippen LogP contribution in [-0.2, 0) is 9.47 Å². The van der Waals surface area contributed by atoms with E-state index in [1.54, 1.807) is 0 Å². The van der Waals surface area contributed by atoms with Crippen LogP contribution in [0.1, 0.15) is 58.3 Å². The minimum Gasteiger partial charge on any atom is -0.396 e. The molecule has 1 heterocycles. The Bertz CT molecular complexity index is 373. The molecule has 3 N–H and O–H groups in total. The number of hydrogen-bond donors (Lipinski definition) is 3. The molecule has 0 aromatic carbocycles. The van der Waals surface area contributed by atoms with E-state index in [2.05, 4.69) is 17.6 Å². The van der Waals surface area contributed by atoms with Crippen LogP contribution in [0.25, 0.3) is 0 Å². The molecule has 1 unspecified atom stereocenters. The first kappa shape index (κ1) is 20.5. The third-order valence-electron chi connectivity index (χ3n) is 5.34. The van der Waals surface area contributed by atoms with Crippen molar-refractivity contribution in [3.05, 3.63) is 0 Å². The molecule has 0 aromatic rings. The van der Waals surface area contributed by atoms with Gasteiger partial charge >= 0.3 is 0 Å². The fraction of sp³-hybridized carbons (Fsp3) is 0.947. The summed E-state index contributed by atoms with van der Waals surface area (Å²) in [4.78, 5) is 4.81. The second-order valence-electron chi connectivity index (χ2n) is 7.37. The summed E-state index contributed by atoms with van der Waals surface area (Å²) in [6.45, 7) is 6.94. The van der Waals surface area contributed by atoms with Gasteiger partial charge in [-0.2, -0.15) is 0 Å². The maximum Gasteiger partial charge on any atom is 0.191 e. The van der Waals surface area contributed by atoms with Crippen molar-refractivity contribution in [1.82, 2.24) is 10.6 Å². The SMILES string of the molecule is CCNC(=NCC1(CCO)CCCCC1)NCCOCC1CCCO1. The minimum atomic E-state index is 0.186. The van der Waals surface area contributed by atoms with E-state index in [0.29, 0.717) is 13.2 Å². The van der Waals surface area contributed by atoms with Gasteiger partial charge in [-0.3, -0.25) is 4.99 Å². The second-order valence-corrected chi connectivity index (χ2v) is 7.37. The standard InChI is InChI=1S/C19H37N3O3/c1-2-20-18(21-11-14-24-15-17-7-6-13-25-17)22-16-19(10-12-23)8-4-3-5-9-19/h17,23H,2-16H2,1H3,(H2,20,21,22). The van der Waals surface area contributed by atoms with Gasteiger partial charge in [-0.15, -0.1) is 0 Å². The molecule has 6 heteroatoms. The highest BCUT2D eigenvalue weighted by Gasteiger charge is 2.31. The Labute approximate surface area is 152 Å². The minimum absolute atomic E-state index is 0.186. The van der Waals surface area contributed by atoms with E-state index < -0.39 is 0 Å². The monoisotopic (exact) mass is 355 g/mol. The first-order chi connectivity index (χ1) is 12.3. The van der Waals surface area contributed by atoms with Crippen LogP contribution in [0.15, 0.2) is 4.99 Å². The molecule has 2 rings (SSSR count). The zero-order valence-corrected chi connectivity index (χ0v) is 15.9. The Morgan fingerprint density at radius 1 is 1.24 bits per heavy atom. The Morgan fingerprint density at radius 2 is 2.08 bits per heavy atom. The van der Waals surface area contributed by atoms with Gasteiger partial charge in [0.2, 0.25) is 0 Å². The zero-order valence-electron chi connectivity index (χ0n) is 15.9. The molecular weight excluding hydrogens is 318 g/mol. The highest BCUT2D eigenvalue weighted by molar-refractivity contribution is 5.79. The first-order valence-electron chi connectivity index (χ1n) is 10.1. The van der Waals surface area contributed by atoms with Gasteiger partial charge in [0.1, 0.15) is 0 Å². The van der Waals surface area contributed by atoms with Crippen molar-refractivity contribution >= 4 is 5.96 Å². The number of aliphatic hydroxyl groups excluding tert-OH is 1. The van der Waals surface area contributed by atoms with Crippen molar-refractivity contribution in [2.45, 2.75) is 64.4 Å². The number of aliphatic hydroxyl groups is 1. The number of nitrogens with one attached hydrogen (secondary N) is 2. The molecule has 0 spiro atoms. The van der Waals surface area contributed by atoms with Gasteiger partial charge in [0, 0.05) is 32.8 Å². The van der Waals surface area contributed by atoms with E-state index in [1.807, 2.05) is 0 Å². The van der Waals surface area contributed by atoms with Gasteiger partial charge in [-0.1, -0.05) is 19.3 Å². The summed E-state index contributed by atoms with van der Waals surface area (Å²) in [5.74, 6) is 0.853. The van der Waals surface area contributed by atoms with Crippen LogP contribution in [0.4, 0.5) is 0 Å². The summed E-state index contributed by atoms with van der Waals surface area (Å²) in [6, 6.07) is 0. The molecule has 2 fully saturated rings. The van der Waals surface area contributed by atoms with Crippen molar-refractivity contribution in [3.8, 4) is 0 Å². The van der Waals surface area contributed by atoms with E-state index in [4.69, 9.17) is 14.5 Å². The first-order valence-corrected chi connectivity index (χ1v) is 10.1. The highest BCUT2D eigenvalue weighted by atomic mass is 16.5. The molecule has 0 bridgehead atoms. The van der Waals surface area contributed by atoms with Crippen molar-refractivity contribution in [3.63, 3.8) is 0 Å². The third-order valence-corrected chi connectivity index (χ3v) is 5.34. The van der Waals surface area contributed by atoms with Gasteiger partial charge < -0.3 is 25.2 Å². The van der Waals surface area contributed by atoms with E-state index >= 15 is 0 Å². The molecule has 1 aliphatic heterocycles. The number of nitrogens with zero attached hydrogens (tertiary/aromatic N) is 1. The Balaban J connectivity index is 1.72. The van der Waals surface area contributed by atoms with Crippen LogP contribution >= 0.6 is 0 Å². The summed E-state index contributed by atoms with van der Waals surface area (Å²) in [5.41, 5.74) is 0.186. The molecule has 1 aliphatic carbocycles. The fourth-order valence-electron chi connectivity index (χ4n) is 3.85. The Morgan fingerprint density at radius 3 is 2.76 bits per heavy atom. The molecule has 0 radical (unpaired) electrons. The topological polar surface area (TPSA) is 75.1 Å². The summed E-state index contributed by atoms with van der Waals surface area (Å²) in [5, 5.41) is 16.1. The normalized spacial score (nSPS) is 23.6. The lowest BCUT2D eigenvalue weighted by Gasteiger charge is -2.35. The maximum absolute atomic E-state index is 9.44. The van der Waals surface area contributed by atoms with Crippen LogP contribution in [0.3, 0.4) is 0 Å². The quantitative estimate of drug-likeness (QED) is 0.318. The molecule has 1 saturated carbocycles. The zero-order chi connectivity index (χ0) is 17.8. The molecule has 1 atom stereocenters. The maximum atomic E-state index is 9.44. The number of hydrogen-bond acceptors (Lipinski definition) is 4. The predicted molar refractivity (Wildman–Crippen MR) is 101 cm³/mol. The van der Waals surface area contributed by atoms with E-state index in [9.17, 15) is 5.11 Å². The molecule has 2 aliphatic rings. The highest BCUT2D eigenvalue weighted by Crippen LogP contribution is 2.39. The van der Waals surface area contributed by atoms with Crippen LogP contribution in [0.5, 0.6) is 0 Å². The van der Waals surface area contributed by atoms with Gasteiger partial charge in [-0.05, 0) is 44.4 Å². The Kier molecular flexibility index (Phi) is 9.58. The van der Waals surface area contributed by atoms with Gasteiger partial charge in [-0.25, -0.2) is 0 Å². The molecule has 0 amide bonds. The van der Waals surface area contributed by atoms with Crippen molar-refractivity contribution < 1.29 is 14.6 Å². The Hall–Kier alpha value is -0.850. The molecule has 0 aromatic heterocycles. The summed E-state index contributed by atoms with van der Waals surface area (Å²) in [7, 11) is 0. The third kappa shape index (κ3) is 7.50. The molecule has 6 nitrogen and oxygen atoms in total. The smallest absolute Gasteiger partial charge is 0.191 e. The van der Waals surface area contributed by atoms with Gasteiger partial charge in [0.05, 0.1) is 19.3 Å². The summed E-state index contributed by atoms with van der Waals surface area (Å²) >= 11 is 0. The number of ether oxygens (including phenoxy) is 2. The number of rotatable bonds is 10. The average Bonchev–Trinajstić information content (AvgIpc) is 3.14. The predicted octanol–water partition coefficient (Wildman–Crippen LogP) is 2.07. The van der Waals surface area contributed by atoms with E-state index in [-0.39, 0.29) is 18.1 Å². The summed E-state index contributed by atoms with van der Waals surface area (Å²) in [6.07, 6.45) is 9.61. The average molecular weight is 356 g/mol. The van der Waals surface area contributed by atoms with Crippen LogP contribution in [0, 0.1) is 5.41 Å². The largest absolute Gasteiger partial charge is 0.396 e. The lowest BCUT2D eigenvalue weighted by Crippen LogP contribution is -2.40. The molecule has 25 heavy (non-hydrogen) atoms. The van der Waals surface area contributed by atoms with Gasteiger partial charge in [0.25, 0.3) is 0 Å². The lowest BCUT2D eigenvalue weighted by atomic mass is 9.72. The van der Waals surface area contributed by atoms with Crippen LogP contribution in [-0.4, -0.2) is 63.2 Å².